The molecular formula is C13H19Cl2N3O2S. The molecule has 0 unspecified atom stereocenters. The number of anilines is 1. The minimum absolute atomic E-state index is 0.0525. The Morgan fingerprint density at radius 1 is 1.19 bits per heavy atom. The van der Waals surface area contributed by atoms with Gasteiger partial charge in [-0.25, -0.2) is 8.42 Å². The number of benzene rings is 1. The predicted molar refractivity (Wildman–Crippen MR) is 86.3 cm³/mol. The summed E-state index contributed by atoms with van der Waals surface area (Å²) in [5, 5.41) is 0.129. The largest absolute Gasteiger partial charge is 0.399 e. The fourth-order valence-electron chi connectivity index (χ4n) is 2.55. The van der Waals surface area contributed by atoms with Crippen molar-refractivity contribution in [3.63, 3.8) is 0 Å². The quantitative estimate of drug-likeness (QED) is 0.848. The van der Waals surface area contributed by atoms with Crippen molar-refractivity contribution in [2.24, 2.45) is 0 Å². The molecule has 118 valence electrons. The third-order valence-electron chi connectivity index (χ3n) is 3.77. The van der Waals surface area contributed by atoms with Crippen molar-refractivity contribution in [2.75, 3.05) is 32.9 Å². The summed E-state index contributed by atoms with van der Waals surface area (Å²) in [7, 11) is 0.311. The van der Waals surface area contributed by atoms with Crippen LogP contribution in [-0.2, 0) is 10.0 Å². The second kappa shape index (κ2) is 6.30. The summed E-state index contributed by atoms with van der Waals surface area (Å²) >= 11 is 12.1. The Morgan fingerprint density at radius 3 is 2.10 bits per heavy atom. The van der Waals surface area contributed by atoms with E-state index in [0.29, 0.717) is 24.8 Å². The number of nitrogens with zero attached hydrogens (tertiary/aromatic N) is 2. The molecule has 8 heteroatoms. The van der Waals surface area contributed by atoms with Gasteiger partial charge in [0.25, 0.3) is 0 Å². The van der Waals surface area contributed by atoms with Gasteiger partial charge in [-0.2, -0.15) is 4.31 Å². The van der Waals surface area contributed by atoms with Crippen LogP contribution >= 0.6 is 23.2 Å². The molecule has 1 saturated heterocycles. The molecule has 1 aliphatic rings. The standard InChI is InChI=1S/C13H19Cl2N3O2S/c1-17(2)10-3-5-18(6-4-10)21(19,20)13-11(14)7-9(16)8-12(13)15/h7-8,10H,3-6,16H2,1-2H3. The zero-order chi connectivity index (χ0) is 15.8. The van der Waals surface area contributed by atoms with Gasteiger partial charge in [-0.1, -0.05) is 23.2 Å². The van der Waals surface area contributed by atoms with Crippen LogP contribution in [0.15, 0.2) is 17.0 Å². The fourth-order valence-corrected chi connectivity index (χ4v) is 5.20. The summed E-state index contributed by atoms with van der Waals surface area (Å²) in [6.45, 7) is 0.921. The summed E-state index contributed by atoms with van der Waals surface area (Å²) in [5.41, 5.74) is 5.96. The molecule has 0 aromatic heterocycles. The third kappa shape index (κ3) is 3.46. The molecular weight excluding hydrogens is 333 g/mol. The molecule has 1 aliphatic heterocycles. The Labute approximate surface area is 135 Å². The smallest absolute Gasteiger partial charge is 0.246 e. The highest BCUT2D eigenvalue weighted by Gasteiger charge is 2.33. The lowest BCUT2D eigenvalue weighted by molar-refractivity contribution is 0.196. The molecule has 0 aliphatic carbocycles. The topological polar surface area (TPSA) is 66.6 Å². The van der Waals surface area contributed by atoms with Crippen LogP contribution < -0.4 is 5.73 Å². The van der Waals surface area contributed by atoms with Gasteiger partial charge in [0.2, 0.25) is 10.0 Å². The van der Waals surface area contributed by atoms with E-state index in [1.54, 1.807) is 0 Å². The molecule has 0 saturated carbocycles. The molecule has 5 nitrogen and oxygen atoms in total. The number of halogens is 2. The number of nitrogen functional groups attached to an aromatic ring is 1. The molecule has 0 spiro atoms. The summed E-state index contributed by atoms with van der Waals surface area (Å²) < 4.78 is 26.9. The van der Waals surface area contributed by atoms with Crippen LogP contribution in [0.25, 0.3) is 0 Å². The van der Waals surface area contributed by atoms with Gasteiger partial charge in [0.1, 0.15) is 4.90 Å². The summed E-state index contributed by atoms with van der Waals surface area (Å²) in [4.78, 5) is 2.07. The van der Waals surface area contributed by atoms with Gasteiger partial charge in [-0.3, -0.25) is 0 Å². The maximum Gasteiger partial charge on any atom is 0.246 e. The van der Waals surface area contributed by atoms with E-state index in [9.17, 15) is 8.42 Å². The van der Waals surface area contributed by atoms with Crippen LogP contribution in [0.3, 0.4) is 0 Å². The van der Waals surface area contributed by atoms with Crippen molar-refractivity contribution >= 4 is 38.9 Å². The van der Waals surface area contributed by atoms with Gasteiger partial charge in [0.05, 0.1) is 10.0 Å². The number of piperidine rings is 1. The first kappa shape index (κ1) is 16.8. The molecule has 2 rings (SSSR count). The number of hydrogen-bond donors (Lipinski definition) is 1. The van der Waals surface area contributed by atoms with Crippen molar-refractivity contribution in [2.45, 2.75) is 23.8 Å². The van der Waals surface area contributed by atoms with E-state index in [-0.39, 0.29) is 14.9 Å². The van der Waals surface area contributed by atoms with Crippen LogP contribution in [-0.4, -0.2) is 50.8 Å². The normalized spacial score (nSPS) is 18.3. The number of nitrogens with two attached hydrogens (primary N) is 1. The van der Waals surface area contributed by atoms with E-state index in [4.69, 9.17) is 28.9 Å². The lowest BCUT2D eigenvalue weighted by atomic mass is 10.1. The maximum absolute atomic E-state index is 12.7. The summed E-state index contributed by atoms with van der Waals surface area (Å²) in [6.07, 6.45) is 1.58. The second-order valence-corrected chi connectivity index (χ2v) is 8.10. The van der Waals surface area contributed by atoms with Gasteiger partial charge in [0, 0.05) is 24.8 Å². The van der Waals surface area contributed by atoms with E-state index in [2.05, 4.69) is 4.90 Å². The van der Waals surface area contributed by atoms with Gasteiger partial charge in [-0.15, -0.1) is 0 Å². The van der Waals surface area contributed by atoms with Crippen molar-refractivity contribution < 1.29 is 8.42 Å². The molecule has 1 aromatic carbocycles. The number of hydrogen-bond acceptors (Lipinski definition) is 4. The fraction of sp³-hybridized carbons (Fsp3) is 0.538. The Kier molecular flexibility index (Phi) is 5.05. The minimum Gasteiger partial charge on any atom is -0.399 e. The molecule has 1 aromatic rings. The molecule has 1 heterocycles. The Bertz CT molecular complexity index is 603. The molecule has 0 bridgehead atoms. The van der Waals surface area contributed by atoms with Crippen molar-refractivity contribution in [3.05, 3.63) is 22.2 Å². The first-order valence-electron chi connectivity index (χ1n) is 6.64. The lowest BCUT2D eigenvalue weighted by Crippen LogP contribution is -2.44. The number of rotatable bonds is 3. The van der Waals surface area contributed by atoms with Gasteiger partial charge in [-0.05, 0) is 39.1 Å². The van der Waals surface area contributed by atoms with E-state index >= 15 is 0 Å². The number of sulfonamides is 1. The average Bonchev–Trinajstić information content (AvgIpc) is 2.37. The van der Waals surface area contributed by atoms with Crippen molar-refractivity contribution in [3.8, 4) is 0 Å². The lowest BCUT2D eigenvalue weighted by Gasteiger charge is -2.34. The molecule has 2 N–H and O–H groups in total. The van der Waals surface area contributed by atoms with Crippen molar-refractivity contribution in [1.82, 2.24) is 9.21 Å². The van der Waals surface area contributed by atoms with Crippen LogP contribution in [0.4, 0.5) is 5.69 Å². The molecule has 1 fully saturated rings. The van der Waals surface area contributed by atoms with Crippen LogP contribution in [0.2, 0.25) is 10.0 Å². The molecule has 0 amide bonds. The highest BCUT2D eigenvalue weighted by atomic mass is 35.5. The van der Waals surface area contributed by atoms with Crippen molar-refractivity contribution in [1.29, 1.82) is 0 Å². The zero-order valence-corrected chi connectivity index (χ0v) is 14.3. The molecule has 0 atom stereocenters. The van der Waals surface area contributed by atoms with Crippen LogP contribution in [0.1, 0.15) is 12.8 Å². The Morgan fingerprint density at radius 2 is 1.67 bits per heavy atom. The van der Waals surface area contributed by atoms with Gasteiger partial charge >= 0.3 is 0 Å². The summed E-state index contributed by atoms with van der Waals surface area (Å²) in [6, 6.07) is 3.22. The predicted octanol–water partition coefficient (Wildman–Crippen LogP) is 2.29. The minimum atomic E-state index is -3.69. The van der Waals surface area contributed by atoms with Crippen LogP contribution in [0, 0.1) is 0 Å². The molecule has 0 radical (unpaired) electrons. The highest BCUT2D eigenvalue weighted by Crippen LogP contribution is 2.34. The zero-order valence-electron chi connectivity index (χ0n) is 12.0. The monoisotopic (exact) mass is 351 g/mol. The first-order chi connectivity index (χ1) is 9.73. The Hall–Kier alpha value is -0.530. The van der Waals surface area contributed by atoms with Crippen LogP contribution in [0.5, 0.6) is 0 Å². The Balaban J connectivity index is 2.28. The highest BCUT2D eigenvalue weighted by molar-refractivity contribution is 7.89. The SMILES string of the molecule is CN(C)C1CCN(S(=O)(=O)c2c(Cl)cc(N)cc2Cl)CC1. The molecule has 21 heavy (non-hydrogen) atoms. The first-order valence-corrected chi connectivity index (χ1v) is 8.84. The van der Waals surface area contributed by atoms with Gasteiger partial charge < -0.3 is 10.6 Å². The van der Waals surface area contributed by atoms with E-state index < -0.39 is 10.0 Å². The average molecular weight is 352 g/mol. The second-order valence-electron chi connectivity index (χ2n) is 5.41. The maximum atomic E-state index is 12.7. The summed E-state index contributed by atoms with van der Waals surface area (Å²) in [5.74, 6) is 0. The van der Waals surface area contributed by atoms with E-state index in [0.717, 1.165) is 12.8 Å². The van der Waals surface area contributed by atoms with Gasteiger partial charge in [0.15, 0.2) is 0 Å². The van der Waals surface area contributed by atoms with E-state index in [1.165, 1.54) is 16.4 Å². The third-order valence-corrected chi connectivity index (χ3v) is 6.59. The van der Waals surface area contributed by atoms with E-state index in [1.807, 2.05) is 14.1 Å².